The summed E-state index contributed by atoms with van der Waals surface area (Å²) in [5.41, 5.74) is 6.06. The van der Waals surface area contributed by atoms with Gasteiger partial charge in [-0.25, -0.2) is 17.4 Å². The predicted molar refractivity (Wildman–Crippen MR) is 87.0 cm³/mol. The fraction of sp³-hybridized carbons (Fsp3) is 0.0625. The predicted octanol–water partition coefficient (Wildman–Crippen LogP) is 1.78. The van der Waals surface area contributed by atoms with Crippen molar-refractivity contribution in [2.24, 2.45) is 5.73 Å². The number of nitrogens with two attached hydrogens (primary N) is 1. The molecule has 0 spiro atoms. The molecule has 0 saturated carbocycles. The van der Waals surface area contributed by atoms with Crippen LogP contribution in [0.3, 0.4) is 0 Å². The van der Waals surface area contributed by atoms with E-state index in [0.29, 0.717) is 11.2 Å². The van der Waals surface area contributed by atoms with Crippen molar-refractivity contribution < 1.29 is 13.5 Å². The van der Waals surface area contributed by atoms with E-state index in [1.807, 2.05) is 0 Å². The molecule has 1 atom stereocenters. The van der Waals surface area contributed by atoms with Crippen LogP contribution >= 0.6 is 0 Å². The minimum atomic E-state index is -3.81. The van der Waals surface area contributed by atoms with Gasteiger partial charge in [0.25, 0.3) is 10.0 Å². The molecule has 2 heterocycles. The lowest BCUT2D eigenvalue weighted by molar-refractivity contribution is 0.228. The lowest BCUT2D eigenvalue weighted by Crippen LogP contribution is -2.13. The van der Waals surface area contributed by atoms with Crippen LogP contribution in [0.5, 0.6) is 0 Å². The molecule has 0 fully saturated rings. The number of nitrogens with zero attached hydrogens (tertiary/aromatic N) is 2. The highest BCUT2D eigenvalue weighted by Crippen LogP contribution is 2.23. The molecular formula is C16H15N3O3S. The Morgan fingerprint density at radius 2 is 2.04 bits per heavy atom. The van der Waals surface area contributed by atoms with Crippen molar-refractivity contribution in [3.8, 4) is 0 Å². The number of rotatable bonds is 4. The van der Waals surface area contributed by atoms with Crippen molar-refractivity contribution in [1.82, 2.24) is 8.96 Å². The van der Waals surface area contributed by atoms with Gasteiger partial charge in [0.05, 0.1) is 11.0 Å². The van der Waals surface area contributed by atoms with Crippen LogP contribution in [0, 0.1) is 0 Å². The number of benzene rings is 1. The van der Waals surface area contributed by atoms with Gasteiger partial charge in [-0.05, 0) is 48.2 Å². The number of pyridine rings is 1. The van der Waals surface area contributed by atoms with Gasteiger partial charge in [-0.15, -0.1) is 0 Å². The zero-order valence-corrected chi connectivity index (χ0v) is 12.9. The van der Waals surface area contributed by atoms with Gasteiger partial charge < -0.3 is 10.8 Å². The fourth-order valence-corrected chi connectivity index (χ4v) is 3.69. The topological polar surface area (TPSA) is 98.2 Å². The molecule has 0 amide bonds. The van der Waals surface area contributed by atoms with E-state index in [1.165, 1.54) is 30.6 Å². The zero-order valence-electron chi connectivity index (χ0n) is 12.1. The second kappa shape index (κ2) is 5.86. The van der Waals surface area contributed by atoms with E-state index < -0.39 is 16.1 Å². The van der Waals surface area contributed by atoms with Crippen molar-refractivity contribution in [1.29, 1.82) is 0 Å². The molecule has 0 radical (unpaired) electrons. The normalized spacial score (nSPS) is 13.6. The summed E-state index contributed by atoms with van der Waals surface area (Å²) < 4.78 is 26.8. The highest BCUT2D eigenvalue weighted by molar-refractivity contribution is 7.90. The average molecular weight is 329 g/mol. The third-order valence-electron chi connectivity index (χ3n) is 3.46. The molecule has 118 valence electrons. The van der Waals surface area contributed by atoms with Gasteiger partial charge in [0, 0.05) is 17.8 Å². The van der Waals surface area contributed by atoms with Gasteiger partial charge in [-0.3, -0.25) is 0 Å². The maximum absolute atomic E-state index is 12.8. The van der Waals surface area contributed by atoms with E-state index in [-0.39, 0.29) is 4.90 Å². The third kappa shape index (κ3) is 2.71. The largest absolute Gasteiger partial charge is 0.405 e. The Balaban J connectivity index is 2.12. The van der Waals surface area contributed by atoms with Gasteiger partial charge in [-0.1, -0.05) is 12.1 Å². The molecule has 0 aliphatic carbocycles. The molecule has 3 rings (SSSR count). The lowest BCUT2D eigenvalue weighted by atomic mass is 10.1. The summed E-state index contributed by atoms with van der Waals surface area (Å²) in [7, 11) is -3.81. The minimum absolute atomic E-state index is 0.0719. The van der Waals surface area contributed by atoms with Gasteiger partial charge in [-0.2, -0.15) is 0 Å². The summed E-state index contributed by atoms with van der Waals surface area (Å²) in [6.45, 7) is 0. The minimum Gasteiger partial charge on any atom is -0.405 e. The molecule has 1 unspecified atom stereocenters. The van der Waals surface area contributed by atoms with Gasteiger partial charge in [0.15, 0.2) is 5.65 Å². The van der Waals surface area contributed by atoms with Crippen LogP contribution in [0.4, 0.5) is 0 Å². The van der Waals surface area contributed by atoms with Crippen molar-refractivity contribution in [3.05, 3.63) is 72.7 Å². The monoisotopic (exact) mass is 329 g/mol. The summed E-state index contributed by atoms with van der Waals surface area (Å²) in [5.74, 6) is 0. The molecule has 2 aromatic heterocycles. The maximum Gasteiger partial charge on any atom is 0.269 e. The average Bonchev–Trinajstić information content (AvgIpc) is 3.00. The SMILES string of the molecule is N/C=C/C(O)c1cccc(S(=O)(=O)n2ccc3cccnc32)c1. The van der Waals surface area contributed by atoms with Gasteiger partial charge in [0.2, 0.25) is 0 Å². The fourth-order valence-electron chi connectivity index (χ4n) is 2.33. The Hall–Kier alpha value is -2.64. The molecule has 0 aliphatic heterocycles. The Labute approximate surface area is 133 Å². The summed E-state index contributed by atoms with van der Waals surface area (Å²) in [6.07, 6.45) is 4.64. The first kappa shape index (κ1) is 15.3. The third-order valence-corrected chi connectivity index (χ3v) is 5.13. The Kier molecular flexibility index (Phi) is 3.89. The van der Waals surface area contributed by atoms with E-state index in [0.717, 1.165) is 9.36 Å². The van der Waals surface area contributed by atoms with E-state index in [1.54, 1.807) is 36.5 Å². The molecule has 3 aromatic rings. The molecular weight excluding hydrogens is 314 g/mol. The first-order valence-electron chi connectivity index (χ1n) is 6.88. The smallest absolute Gasteiger partial charge is 0.269 e. The number of hydrogen-bond acceptors (Lipinski definition) is 5. The van der Waals surface area contributed by atoms with E-state index in [9.17, 15) is 13.5 Å². The highest BCUT2D eigenvalue weighted by atomic mass is 32.2. The van der Waals surface area contributed by atoms with Crippen molar-refractivity contribution in [2.45, 2.75) is 11.0 Å². The second-order valence-electron chi connectivity index (χ2n) is 4.94. The number of aromatic nitrogens is 2. The molecule has 3 N–H and O–H groups in total. The second-order valence-corrected chi connectivity index (χ2v) is 6.75. The quantitative estimate of drug-likeness (QED) is 0.760. The first-order valence-corrected chi connectivity index (χ1v) is 8.32. The van der Waals surface area contributed by atoms with Crippen LogP contribution in [0.15, 0.2) is 72.0 Å². The van der Waals surface area contributed by atoms with Crippen LogP contribution in [0.2, 0.25) is 0 Å². The van der Waals surface area contributed by atoms with Crippen molar-refractivity contribution in [2.75, 3.05) is 0 Å². The van der Waals surface area contributed by atoms with Crippen LogP contribution in [0.25, 0.3) is 11.0 Å². The number of aliphatic hydroxyl groups excluding tert-OH is 1. The van der Waals surface area contributed by atoms with Gasteiger partial charge in [0.1, 0.15) is 0 Å². The molecule has 0 aliphatic rings. The highest BCUT2D eigenvalue weighted by Gasteiger charge is 2.20. The molecule has 23 heavy (non-hydrogen) atoms. The molecule has 1 aromatic carbocycles. The Bertz CT molecular complexity index is 977. The Morgan fingerprint density at radius 1 is 1.22 bits per heavy atom. The van der Waals surface area contributed by atoms with Gasteiger partial charge >= 0.3 is 0 Å². The lowest BCUT2D eigenvalue weighted by Gasteiger charge is -2.10. The standard InChI is InChI=1S/C16H15N3O3S/c17-8-6-15(20)13-3-1-5-14(11-13)23(21,22)19-10-7-12-4-2-9-18-16(12)19/h1-11,15,20H,17H2/b8-6+. The summed E-state index contributed by atoms with van der Waals surface area (Å²) in [4.78, 5) is 4.20. The van der Waals surface area contributed by atoms with E-state index in [4.69, 9.17) is 5.73 Å². The zero-order chi connectivity index (χ0) is 16.4. The van der Waals surface area contributed by atoms with Crippen molar-refractivity contribution >= 4 is 21.1 Å². The first-order chi connectivity index (χ1) is 11.0. The number of fused-ring (bicyclic) bond motifs is 1. The molecule has 0 bridgehead atoms. The summed E-state index contributed by atoms with van der Waals surface area (Å²) in [5, 5.41) is 10.7. The van der Waals surface area contributed by atoms with E-state index in [2.05, 4.69) is 4.98 Å². The van der Waals surface area contributed by atoms with E-state index >= 15 is 0 Å². The molecule has 0 saturated heterocycles. The summed E-state index contributed by atoms with van der Waals surface area (Å²) in [6, 6.07) is 11.3. The van der Waals surface area contributed by atoms with Crippen LogP contribution < -0.4 is 5.73 Å². The summed E-state index contributed by atoms with van der Waals surface area (Å²) >= 11 is 0. The number of aliphatic hydroxyl groups is 1. The Morgan fingerprint density at radius 3 is 2.83 bits per heavy atom. The molecule has 7 heteroatoms. The van der Waals surface area contributed by atoms with Crippen LogP contribution in [-0.4, -0.2) is 22.5 Å². The van der Waals surface area contributed by atoms with Crippen LogP contribution in [0.1, 0.15) is 11.7 Å². The van der Waals surface area contributed by atoms with Crippen molar-refractivity contribution in [3.63, 3.8) is 0 Å². The van der Waals surface area contributed by atoms with Crippen LogP contribution in [-0.2, 0) is 10.0 Å². The molecule has 6 nitrogen and oxygen atoms in total. The maximum atomic E-state index is 12.8. The number of hydrogen-bond donors (Lipinski definition) is 2.